The predicted molar refractivity (Wildman–Crippen MR) is 99.4 cm³/mol. The van der Waals surface area contributed by atoms with Gasteiger partial charge in [0.2, 0.25) is 5.88 Å². The number of rotatable bonds is 4. The Morgan fingerprint density at radius 2 is 1.70 bits per heavy atom. The Bertz CT molecular complexity index is 968. The van der Waals surface area contributed by atoms with Crippen molar-refractivity contribution in [1.29, 1.82) is 0 Å². The fourth-order valence-electron chi connectivity index (χ4n) is 2.28. The number of carbonyl (C=O) groups is 2. The summed E-state index contributed by atoms with van der Waals surface area (Å²) < 4.78 is 15.0. The third-order valence-corrected chi connectivity index (χ3v) is 4.08. The van der Waals surface area contributed by atoms with Crippen molar-refractivity contribution in [1.82, 2.24) is 5.16 Å². The van der Waals surface area contributed by atoms with Crippen LogP contribution >= 0.6 is 23.2 Å². The van der Waals surface area contributed by atoms with Crippen molar-refractivity contribution >= 4 is 41.1 Å². The van der Waals surface area contributed by atoms with Gasteiger partial charge in [-0.2, -0.15) is 0 Å². The number of hydrogen-bond acceptors (Lipinski definition) is 6. The third-order valence-electron chi connectivity index (χ3n) is 3.45. The zero-order valence-electron chi connectivity index (χ0n) is 13.9. The first kappa shape index (κ1) is 18.8. The van der Waals surface area contributed by atoms with Gasteiger partial charge in [-0.25, -0.2) is 9.59 Å². The lowest BCUT2D eigenvalue weighted by molar-refractivity contribution is 0.0602. The van der Waals surface area contributed by atoms with E-state index in [2.05, 4.69) is 10.5 Å². The maximum absolute atomic E-state index is 12.3. The Morgan fingerprint density at radius 3 is 2.33 bits per heavy atom. The van der Waals surface area contributed by atoms with Crippen molar-refractivity contribution in [3.63, 3.8) is 0 Å². The van der Waals surface area contributed by atoms with E-state index >= 15 is 0 Å². The number of ether oxygens (including phenoxy) is 2. The average molecular weight is 407 g/mol. The van der Waals surface area contributed by atoms with Crippen LogP contribution in [0.3, 0.4) is 0 Å². The van der Waals surface area contributed by atoms with Gasteiger partial charge in [0.1, 0.15) is 11.4 Å². The number of nitrogens with zero attached hydrogens (tertiary/aromatic N) is 1. The summed E-state index contributed by atoms with van der Waals surface area (Å²) in [5, 5.41) is 6.65. The van der Waals surface area contributed by atoms with Gasteiger partial charge in [0.15, 0.2) is 5.56 Å². The van der Waals surface area contributed by atoms with Crippen LogP contribution < -0.4 is 10.1 Å². The molecule has 0 spiro atoms. The Hall–Kier alpha value is -3.03. The summed E-state index contributed by atoms with van der Waals surface area (Å²) in [4.78, 5) is 24.4. The molecule has 0 saturated carbocycles. The summed E-state index contributed by atoms with van der Waals surface area (Å²) in [5.41, 5.74) is 0.166. The summed E-state index contributed by atoms with van der Waals surface area (Å²) >= 11 is 12.4. The number of nitrogens with one attached hydrogen (secondary N) is 1. The van der Waals surface area contributed by atoms with E-state index in [1.54, 1.807) is 48.5 Å². The number of halogens is 2. The van der Waals surface area contributed by atoms with E-state index in [-0.39, 0.29) is 32.8 Å². The number of para-hydroxylation sites is 1. The quantitative estimate of drug-likeness (QED) is 0.609. The molecule has 7 nitrogen and oxygen atoms in total. The minimum Gasteiger partial charge on any atom is -0.465 e. The van der Waals surface area contributed by atoms with E-state index < -0.39 is 12.1 Å². The molecule has 0 atom stereocenters. The highest BCUT2D eigenvalue weighted by atomic mass is 35.5. The summed E-state index contributed by atoms with van der Waals surface area (Å²) in [7, 11) is 1.18. The van der Waals surface area contributed by atoms with Crippen molar-refractivity contribution in [2.75, 3.05) is 12.4 Å². The molecule has 0 saturated heterocycles. The number of methoxy groups -OCH3 is 1. The number of amides is 1. The van der Waals surface area contributed by atoms with Gasteiger partial charge in [0.05, 0.1) is 17.2 Å². The predicted octanol–water partition coefficient (Wildman–Crippen LogP) is 5.05. The molecule has 0 radical (unpaired) electrons. The van der Waals surface area contributed by atoms with E-state index in [9.17, 15) is 9.59 Å². The van der Waals surface area contributed by atoms with Gasteiger partial charge in [-0.05, 0) is 24.3 Å². The molecule has 3 aromatic rings. The molecule has 0 aliphatic carbocycles. The number of esters is 1. The molecule has 3 rings (SSSR count). The molecule has 138 valence electrons. The second kappa shape index (κ2) is 8.11. The maximum Gasteiger partial charge on any atom is 0.419 e. The topological polar surface area (TPSA) is 90.7 Å². The normalized spacial score (nSPS) is 10.3. The van der Waals surface area contributed by atoms with Crippen LogP contribution in [-0.2, 0) is 4.74 Å². The van der Waals surface area contributed by atoms with Crippen LogP contribution in [0.25, 0.3) is 11.3 Å². The molecule has 1 N–H and O–H groups in total. The highest BCUT2D eigenvalue weighted by molar-refractivity contribution is 6.39. The van der Waals surface area contributed by atoms with Crippen LogP contribution in [0.4, 0.5) is 10.7 Å². The van der Waals surface area contributed by atoms with Gasteiger partial charge < -0.3 is 14.0 Å². The molecule has 1 amide bonds. The lowest BCUT2D eigenvalue weighted by Crippen LogP contribution is -2.18. The largest absolute Gasteiger partial charge is 0.465 e. The van der Waals surface area contributed by atoms with Gasteiger partial charge in [0.25, 0.3) is 0 Å². The standard InChI is InChI=1S/C18H12Cl2N2O5/c1-25-17(23)14-15(13-11(19)8-5-9-12(13)20)22-27-16(14)21-18(24)26-10-6-3-2-4-7-10/h2-9H,1H3,(H,21,24). The molecule has 0 bridgehead atoms. The first-order valence-electron chi connectivity index (χ1n) is 7.57. The van der Waals surface area contributed by atoms with E-state index in [0.29, 0.717) is 5.75 Å². The lowest BCUT2D eigenvalue weighted by Gasteiger charge is -2.07. The molecular weight excluding hydrogens is 395 g/mol. The van der Waals surface area contributed by atoms with Crippen LogP contribution in [0.1, 0.15) is 10.4 Å². The molecular formula is C18H12Cl2N2O5. The monoisotopic (exact) mass is 406 g/mol. The molecule has 1 aromatic heterocycles. The molecule has 1 heterocycles. The average Bonchev–Trinajstić information content (AvgIpc) is 3.04. The van der Waals surface area contributed by atoms with E-state index in [1.807, 2.05) is 0 Å². The molecule has 0 aliphatic rings. The SMILES string of the molecule is COC(=O)c1c(-c2c(Cl)cccc2Cl)noc1NC(=O)Oc1ccccc1. The Labute approximate surface area is 163 Å². The van der Waals surface area contributed by atoms with Crippen LogP contribution in [0.2, 0.25) is 10.0 Å². The molecule has 0 aliphatic heterocycles. The zero-order valence-corrected chi connectivity index (χ0v) is 15.4. The first-order chi connectivity index (χ1) is 13.0. The van der Waals surface area contributed by atoms with Crippen LogP contribution in [-0.4, -0.2) is 24.3 Å². The Morgan fingerprint density at radius 1 is 1.04 bits per heavy atom. The van der Waals surface area contributed by atoms with Gasteiger partial charge in [-0.15, -0.1) is 0 Å². The molecule has 27 heavy (non-hydrogen) atoms. The summed E-state index contributed by atoms with van der Waals surface area (Å²) in [6, 6.07) is 13.2. The summed E-state index contributed by atoms with van der Waals surface area (Å²) in [6.07, 6.45) is -0.876. The van der Waals surface area contributed by atoms with E-state index in [0.717, 1.165) is 0 Å². The van der Waals surface area contributed by atoms with E-state index in [4.69, 9.17) is 37.2 Å². The fourth-order valence-corrected chi connectivity index (χ4v) is 2.85. The minimum absolute atomic E-state index is 0.0347. The van der Waals surface area contributed by atoms with Crippen molar-refractivity contribution in [3.05, 3.63) is 64.1 Å². The number of anilines is 1. The summed E-state index contributed by atoms with van der Waals surface area (Å²) in [6.45, 7) is 0. The zero-order chi connectivity index (χ0) is 19.4. The van der Waals surface area contributed by atoms with Gasteiger partial charge in [-0.1, -0.05) is 52.6 Å². The van der Waals surface area contributed by atoms with Gasteiger partial charge in [-0.3, -0.25) is 5.32 Å². The van der Waals surface area contributed by atoms with Gasteiger partial charge >= 0.3 is 12.1 Å². The molecule has 2 aromatic carbocycles. The van der Waals surface area contributed by atoms with Crippen molar-refractivity contribution in [2.45, 2.75) is 0 Å². The minimum atomic E-state index is -0.876. The van der Waals surface area contributed by atoms with Crippen LogP contribution in [0.5, 0.6) is 5.75 Å². The van der Waals surface area contributed by atoms with Crippen molar-refractivity contribution in [3.8, 4) is 17.0 Å². The van der Waals surface area contributed by atoms with Gasteiger partial charge in [0, 0.05) is 5.56 Å². The maximum atomic E-state index is 12.3. The molecule has 0 fully saturated rings. The highest BCUT2D eigenvalue weighted by Crippen LogP contribution is 2.38. The first-order valence-corrected chi connectivity index (χ1v) is 8.33. The van der Waals surface area contributed by atoms with Crippen molar-refractivity contribution < 1.29 is 23.6 Å². The van der Waals surface area contributed by atoms with E-state index in [1.165, 1.54) is 7.11 Å². The second-order valence-electron chi connectivity index (χ2n) is 5.15. The summed E-state index contributed by atoms with van der Waals surface area (Å²) in [5.74, 6) is -0.741. The number of hydrogen-bond donors (Lipinski definition) is 1. The smallest absolute Gasteiger partial charge is 0.419 e. The van der Waals surface area contributed by atoms with Crippen LogP contribution in [0, 0.1) is 0 Å². The Kier molecular flexibility index (Phi) is 5.63. The molecule has 0 unspecified atom stereocenters. The third kappa shape index (κ3) is 4.05. The highest BCUT2D eigenvalue weighted by Gasteiger charge is 2.29. The second-order valence-corrected chi connectivity index (χ2v) is 5.97. The number of carbonyl (C=O) groups excluding carboxylic acids is 2. The van der Waals surface area contributed by atoms with Crippen LogP contribution in [0.15, 0.2) is 53.1 Å². The fraction of sp³-hybridized carbons (Fsp3) is 0.0556. The number of benzene rings is 2. The lowest BCUT2D eigenvalue weighted by atomic mass is 10.1. The number of aromatic nitrogens is 1. The molecule has 9 heteroatoms. The van der Waals surface area contributed by atoms with Crippen molar-refractivity contribution in [2.24, 2.45) is 0 Å². The Balaban J connectivity index is 1.96.